The van der Waals surface area contributed by atoms with Gasteiger partial charge in [0.05, 0.1) is 6.20 Å². The number of benzene rings is 1. The van der Waals surface area contributed by atoms with Gasteiger partial charge in [0, 0.05) is 15.6 Å². The monoisotopic (exact) mass is 271 g/mol. The number of aromatic hydroxyl groups is 1. The first kappa shape index (κ1) is 9.97. The first-order chi connectivity index (χ1) is 7.09. The molecule has 2 aromatic rings. The lowest BCUT2D eigenvalue weighted by Crippen LogP contribution is -1.89. The zero-order chi connectivity index (χ0) is 11.0. The van der Waals surface area contributed by atoms with Crippen LogP contribution in [0.4, 0.5) is 10.2 Å². The van der Waals surface area contributed by atoms with E-state index in [-0.39, 0.29) is 5.82 Å². The van der Waals surface area contributed by atoms with Crippen molar-refractivity contribution in [3.63, 3.8) is 0 Å². The van der Waals surface area contributed by atoms with Gasteiger partial charge in [-0.15, -0.1) is 0 Å². The van der Waals surface area contributed by atoms with Crippen molar-refractivity contribution in [2.24, 2.45) is 0 Å². The Morgan fingerprint density at radius 3 is 2.73 bits per heavy atom. The fourth-order valence-corrected chi connectivity index (χ4v) is 1.71. The average molecular weight is 272 g/mol. The molecule has 0 amide bonds. The minimum Gasteiger partial charge on any atom is -0.504 e. The van der Waals surface area contributed by atoms with Gasteiger partial charge in [0.15, 0.2) is 11.6 Å². The number of halogens is 2. The number of nitrogens with two attached hydrogens (primary N) is 1. The lowest BCUT2D eigenvalue weighted by molar-refractivity contribution is 0.434. The molecule has 1 heterocycles. The minimum atomic E-state index is -0.708. The molecule has 2 rings (SSSR count). The number of hydrogen-bond acceptors (Lipinski definition) is 3. The van der Waals surface area contributed by atoms with Gasteiger partial charge < -0.3 is 10.8 Å². The molecule has 1 aromatic carbocycles. The lowest BCUT2D eigenvalue weighted by Gasteiger charge is -2.04. The Morgan fingerprint density at radius 2 is 2.13 bits per heavy atom. The van der Waals surface area contributed by atoms with Crippen molar-refractivity contribution < 1.29 is 9.50 Å². The third kappa shape index (κ3) is 1.68. The van der Waals surface area contributed by atoms with Gasteiger partial charge >= 0.3 is 0 Å². The van der Waals surface area contributed by atoms with Crippen molar-refractivity contribution in [3.05, 3.63) is 28.6 Å². The number of phenolic OH excluding ortho intramolecular Hbond substituents is 1. The van der Waals surface area contributed by atoms with Crippen LogP contribution in [-0.4, -0.2) is 15.3 Å². The number of aromatic nitrogens is 2. The highest BCUT2D eigenvalue weighted by Crippen LogP contribution is 2.36. The number of H-pyrrole nitrogens is 1. The van der Waals surface area contributed by atoms with Crippen molar-refractivity contribution in [1.29, 1.82) is 0 Å². The van der Waals surface area contributed by atoms with Crippen LogP contribution in [0.3, 0.4) is 0 Å². The zero-order valence-electron chi connectivity index (χ0n) is 7.46. The largest absolute Gasteiger partial charge is 0.504 e. The summed E-state index contributed by atoms with van der Waals surface area (Å²) >= 11 is 3.13. The molecule has 0 atom stereocenters. The van der Waals surface area contributed by atoms with Crippen molar-refractivity contribution in [2.45, 2.75) is 0 Å². The lowest BCUT2D eigenvalue weighted by atomic mass is 10.1. The number of nitrogens with one attached hydrogen (secondary N) is 1. The van der Waals surface area contributed by atoms with E-state index in [0.717, 1.165) is 0 Å². The van der Waals surface area contributed by atoms with E-state index >= 15 is 0 Å². The van der Waals surface area contributed by atoms with E-state index in [1.807, 2.05) is 0 Å². The summed E-state index contributed by atoms with van der Waals surface area (Å²) in [4.78, 5) is 0. The Labute approximate surface area is 93.1 Å². The molecule has 0 bridgehead atoms. The fourth-order valence-electron chi connectivity index (χ4n) is 1.28. The van der Waals surface area contributed by atoms with Crippen LogP contribution in [0.1, 0.15) is 0 Å². The smallest absolute Gasteiger partial charge is 0.166 e. The van der Waals surface area contributed by atoms with Gasteiger partial charge in [-0.25, -0.2) is 4.39 Å². The Morgan fingerprint density at radius 1 is 1.40 bits per heavy atom. The van der Waals surface area contributed by atoms with Crippen molar-refractivity contribution >= 4 is 21.7 Å². The van der Waals surface area contributed by atoms with Crippen LogP contribution in [0.2, 0.25) is 0 Å². The third-order valence-corrected chi connectivity index (χ3v) is 2.45. The molecule has 15 heavy (non-hydrogen) atoms. The van der Waals surface area contributed by atoms with Gasteiger partial charge in [0.1, 0.15) is 5.82 Å². The Bertz CT molecular complexity index is 512. The van der Waals surface area contributed by atoms with Crippen LogP contribution in [0.5, 0.6) is 5.75 Å². The molecule has 0 saturated carbocycles. The number of hydrogen-bond donors (Lipinski definition) is 3. The summed E-state index contributed by atoms with van der Waals surface area (Å²) in [6.07, 6.45) is 1.43. The number of rotatable bonds is 1. The van der Waals surface area contributed by atoms with Crippen LogP contribution in [-0.2, 0) is 0 Å². The molecule has 0 aliphatic rings. The minimum absolute atomic E-state index is 0.280. The molecule has 0 unspecified atom stereocenters. The maximum atomic E-state index is 13.2. The molecular weight excluding hydrogens is 265 g/mol. The highest BCUT2D eigenvalue weighted by Gasteiger charge is 2.14. The molecule has 78 valence electrons. The van der Waals surface area contributed by atoms with Gasteiger partial charge in [-0.3, -0.25) is 5.10 Å². The SMILES string of the molecule is Nc1[nH]ncc1-c1cc(Br)cc(F)c1O. The number of aromatic amines is 1. The Hall–Kier alpha value is -1.56. The molecular formula is C9H7BrFN3O. The van der Waals surface area contributed by atoms with Crippen LogP contribution in [0, 0.1) is 5.82 Å². The topological polar surface area (TPSA) is 74.9 Å². The summed E-state index contributed by atoms with van der Waals surface area (Å²) in [5.41, 5.74) is 6.34. The van der Waals surface area contributed by atoms with Crippen LogP contribution >= 0.6 is 15.9 Å². The second kappa shape index (κ2) is 3.54. The summed E-state index contributed by atoms with van der Waals surface area (Å²) in [7, 11) is 0. The molecule has 0 aliphatic carbocycles. The predicted molar refractivity (Wildman–Crippen MR) is 57.8 cm³/mol. The maximum absolute atomic E-state index is 13.2. The third-order valence-electron chi connectivity index (χ3n) is 1.99. The van der Waals surface area contributed by atoms with E-state index < -0.39 is 11.6 Å². The second-order valence-corrected chi connectivity index (χ2v) is 3.90. The van der Waals surface area contributed by atoms with Crippen LogP contribution < -0.4 is 5.73 Å². The molecule has 0 aliphatic heterocycles. The molecule has 4 nitrogen and oxygen atoms in total. The van der Waals surface area contributed by atoms with E-state index in [2.05, 4.69) is 26.1 Å². The molecule has 0 radical (unpaired) electrons. The van der Waals surface area contributed by atoms with E-state index in [9.17, 15) is 9.50 Å². The quantitative estimate of drug-likeness (QED) is 0.745. The highest BCUT2D eigenvalue weighted by molar-refractivity contribution is 9.10. The maximum Gasteiger partial charge on any atom is 0.166 e. The summed E-state index contributed by atoms with van der Waals surface area (Å²) in [5, 5.41) is 15.7. The fraction of sp³-hybridized carbons (Fsp3) is 0. The van der Waals surface area contributed by atoms with E-state index in [4.69, 9.17) is 5.73 Å². The number of phenols is 1. The number of anilines is 1. The van der Waals surface area contributed by atoms with Gasteiger partial charge in [-0.1, -0.05) is 15.9 Å². The van der Waals surface area contributed by atoms with Gasteiger partial charge in [-0.05, 0) is 12.1 Å². The molecule has 4 N–H and O–H groups in total. The van der Waals surface area contributed by atoms with E-state index in [0.29, 0.717) is 15.6 Å². The van der Waals surface area contributed by atoms with Crippen molar-refractivity contribution in [3.8, 4) is 16.9 Å². The summed E-state index contributed by atoms with van der Waals surface area (Å²) in [6, 6.07) is 2.74. The first-order valence-corrected chi connectivity index (χ1v) is 4.86. The van der Waals surface area contributed by atoms with Gasteiger partial charge in [-0.2, -0.15) is 5.10 Å². The van der Waals surface area contributed by atoms with Crippen LogP contribution in [0.25, 0.3) is 11.1 Å². The molecule has 0 saturated heterocycles. The van der Waals surface area contributed by atoms with E-state index in [1.54, 1.807) is 6.07 Å². The summed E-state index contributed by atoms with van der Waals surface area (Å²) in [5.74, 6) is -0.867. The molecule has 0 fully saturated rings. The summed E-state index contributed by atoms with van der Waals surface area (Å²) < 4.78 is 13.7. The molecule has 6 heteroatoms. The van der Waals surface area contributed by atoms with Gasteiger partial charge in [0.2, 0.25) is 0 Å². The predicted octanol–water partition coefficient (Wildman–Crippen LogP) is 2.27. The number of nitrogens with zero attached hydrogens (tertiary/aromatic N) is 1. The number of nitrogen functional groups attached to an aromatic ring is 1. The summed E-state index contributed by atoms with van der Waals surface area (Å²) in [6.45, 7) is 0. The Kier molecular flexibility index (Phi) is 2.36. The molecule has 1 aromatic heterocycles. The Balaban J connectivity index is 2.68. The van der Waals surface area contributed by atoms with Crippen molar-refractivity contribution in [1.82, 2.24) is 10.2 Å². The van der Waals surface area contributed by atoms with Crippen molar-refractivity contribution in [2.75, 3.05) is 5.73 Å². The van der Waals surface area contributed by atoms with Gasteiger partial charge in [0.25, 0.3) is 0 Å². The highest BCUT2D eigenvalue weighted by atomic mass is 79.9. The first-order valence-electron chi connectivity index (χ1n) is 4.07. The standard InChI is InChI=1S/C9H7BrFN3O/c10-4-1-5(8(15)7(11)2-4)6-3-13-14-9(6)12/h1-3,15H,(H3,12,13,14). The van der Waals surface area contributed by atoms with Crippen LogP contribution in [0.15, 0.2) is 22.8 Å². The van der Waals surface area contributed by atoms with E-state index in [1.165, 1.54) is 12.3 Å². The average Bonchev–Trinajstić information content (AvgIpc) is 2.58. The normalized spacial score (nSPS) is 10.5. The zero-order valence-corrected chi connectivity index (χ0v) is 9.05. The second-order valence-electron chi connectivity index (χ2n) is 2.98. The molecule has 0 spiro atoms.